The topological polar surface area (TPSA) is 46.5 Å². The molecule has 0 heterocycles. The Hall–Kier alpha value is -2.56. The van der Waals surface area contributed by atoms with Gasteiger partial charge in [-0.2, -0.15) is 0 Å². The molecule has 4 heteroatoms. The standard InChI is InChI=1S/C21H17O3S/c22-14-15-24-18-10-6-16(7-11-18)21(23)17-8-12-20(13-9-17)25-19-4-2-1-3-5-19/h2-13,22H,14-15H2. The van der Waals surface area contributed by atoms with Crippen LogP contribution in [0.3, 0.4) is 0 Å². The second kappa shape index (κ2) is 8.51. The third kappa shape index (κ3) is 4.72. The highest BCUT2D eigenvalue weighted by Gasteiger charge is 2.09. The highest BCUT2D eigenvalue weighted by atomic mass is 32.2. The normalized spacial score (nSPS) is 10.4. The number of carbonyl (C=O) groups is 1. The van der Waals surface area contributed by atoms with Gasteiger partial charge in [-0.15, -0.1) is 0 Å². The minimum Gasteiger partial charge on any atom is -0.491 e. The number of hydrogen-bond donors (Lipinski definition) is 1. The van der Waals surface area contributed by atoms with Crippen LogP contribution < -0.4 is 4.74 Å². The summed E-state index contributed by atoms with van der Waals surface area (Å²) in [5.41, 5.74) is 1.25. The van der Waals surface area contributed by atoms with Gasteiger partial charge in [0.1, 0.15) is 12.4 Å². The van der Waals surface area contributed by atoms with Gasteiger partial charge in [0.05, 0.1) is 6.61 Å². The summed E-state index contributed by atoms with van der Waals surface area (Å²) in [6, 6.07) is 25.3. The Labute approximate surface area is 151 Å². The Morgan fingerprint density at radius 3 is 2.04 bits per heavy atom. The molecule has 3 rings (SSSR count). The molecule has 0 aromatic heterocycles. The maximum absolute atomic E-state index is 12.5. The summed E-state index contributed by atoms with van der Waals surface area (Å²) < 4.78 is 5.30. The summed E-state index contributed by atoms with van der Waals surface area (Å²) in [6.45, 7) is 0.206. The lowest BCUT2D eigenvalue weighted by Gasteiger charge is -2.06. The molecule has 0 fully saturated rings. The van der Waals surface area contributed by atoms with Crippen molar-refractivity contribution in [2.75, 3.05) is 13.2 Å². The van der Waals surface area contributed by atoms with Crippen molar-refractivity contribution in [1.82, 2.24) is 0 Å². The molecule has 0 spiro atoms. The van der Waals surface area contributed by atoms with Crippen LogP contribution in [0.25, 0.3) is 0 Å². The highest BCUT2D eigenvalue weighted by Crippen LogP contribution is 2.27. The van der Waals surface area contributed by atoms with Crippen LogP contribution in [0.4, 0.5) is 0 Å². The number of hydrogen-bond acceptors (Lipinski definition) is 4. The van der Waals surface area contributed by atoms with Crippen molar-refractivity contribution in [1.29, 1.82) is 0 Å². The highest BCUT2D eigenvalue weighted by molar-refractivity contribution is 7.99. The monoisotopic (exact) mass is 349 g/mol. The predicted octanol–water partition coefficient (Wildman–Crippen LogP) is 4.24. The molecule has 25 heavy (non-hydrogen) atoms. The van der Waals surface area contributed by atoms with E-state index in [2.05, 4.69) is 6.07 Å². The molecule has 3 nitrogen and oxygen atoms in total. The average Bonchev–Trinajstić information content (AvgIpc) is 2.68. The van der Waals surface area contributed by atoms with Gasteiger partial charge in [0.15, 0.2) is 5.78 Å². The van der Waals surface area contributed by atoms with Crippen molar-refractivity contribution in [2.24, 2.45) is 0 Å². The fourth-order valence-corrected chi connectivity index (χ4v) is 3.10. The number of carbonyl (C=O) groups excluding carboxylic acids is 1. The van der Waals surface area contributed by atoms with Crippen LogP contribution in [0.5, 0.6) is 5.75 Å². The lowest BCUT2D eigenvalue weighted by Crippen LogP contribution is -2.03. The van der Waals surface area contributed by atoms with E-state index in [1.54, 1.807) is 36.0 Å². The van der Waals surface area contributed by atoms with Crippen LogP contribution in [0.15, 0.2) is 82.6 Å². The Kier molecular flexibility index (Phi) is 5.88. The molecule has 0 atom stereocenters. The van der Waals surface area contributed by atoms with Gasteiger partial charge in [-0.25, -0.2) is 0 Å². The van der Waals surface area contributed by atoms with E-state index in [1.807, 2.05) is 48.5 Å². The summed E-state index contributed by atoms with van der Waals surface area (Å²) in [5, 5.41) is 8.75. The number of ether oxygens (including phenoxy) is 1. The summed E-state index contributed by atoms with van der Waals surface area (Å²) in [7, 11) is 0. The molecule has 0 bridgehead atoms. The van der Waals surface area contributed by atoms with Crippen molar-refractivity contribution in [2.45, 2.75) is 9.79 Å². The molecule has 3 aromatic rings. The molecule has 0 saturated heterocycles. The molecule has 0 unspecified atom stereocenters. The van der Waals surface area contributed by atoms with E-state index in [0.717, 1.165) is 9.79 Å². The fraction of sp³-hybridized carbons (Fsp3) is 0.0952. The van der Waals surface area contributed by atoms with Crippen molar-refractivity contribution >= 4 is 17.5 Å². The third-order valence-electron chi connectivity index (χ3n) is 3.52. The third-order valence-corrected chi connectivity index (χ3v) is 4.53. The summed E-state index contributed by atoms with van der Waals surface area (Å²) in [5.74, 6) is 0.608. The lowest BCUT2D eigenvalue weighted by molar-refractivity contribution is 0.103. The largest absolute Gasteiger partial charge is 0.491 e. The molecule has 0 amide bonds. The number of rotatable bonds is 7. The fourth-order valence-electron chi connectivity index (χ4n) is 2.28. The molecule has 125 valence electrons. The average molecular weight is 349 g/mol. The van der Waals surface area contributed by atoms with E-state index in [1.165, 1.54) is 0 Å². The molecular weight excluding hydrogens is 332 g/mol. The van der Waals surface area contributed by atoms with E-state index in [0.29, 0.717) is 16.9 Å². The van der Waals surface area contributed by atoms with Gasteiger partial charge < -0.3 is 9.84 Å². The summed E-state index contributed by atoms with van der Waals surface area (Å²) >= 11 is 1.65. The first-order valence-corrected chi connectivity index (χ1v) is 8.70. The second-order valence-corrected chi connectivity index (χ2v) is 6.43. The van der Waals surface area contributed by atoms with Crippen LogP contribution in [-0.4, -0.2) is 24.1 Å². The van der Waals surface area contributed by atoms with E-state index >= 15 is 0 Å². The first-order valence-electron chi connectivity index (χ1n) is 7.89. The van der Waals surface area contributed by atoms with Gasteiger partial charge >= 0.3 is 0 Å². The quantitative estimate of drug-likeness (QED) is 0.648. The molecule has 3 aromatic carbocycles. The number of benzene rings is 3. The Morgan fingerprint density at radius 1 is 0.880 bits per heavy atom. The first-order chi connectivity index (χ1) is 12.3. The Morgan fingerprint density at radius 2 is 1.44 bits per heavy atom. The van der Waals surface area contributed by atoms with Gasteiger partial charge in [-0.3, -0.25) is 4.79 Å². The van der Waals surface area contributed by atoms with Crippen LogP contribution in [0.2, 0.25) is 0 Å². The van der Waals surface area contributed by atoms with Gasteiger partial charge in [0, 0.05) is 20.9 Å². The van der Waals surface area contributed by atoms with E-state index < -0.39 is 0 Å². The zero-order valence-electron chi connectivity index (χ0n) is 13.5. The minimum absolute atomic E-state index is 0.0282. The van der Waals surface area contributed by atoms with Gasteiger partial charge in [0.25, 0.3) is 0 Å². The van der Waals surface area contributed by atoms with Crippen LogP contribution in [0.1, 0.15) is 15.9 Å². The molecule has 1 N–H and O–H groups in total. The summed E-state index contributed by atoms with van der Waals surface area (Å²) in [6.07, 6.45) is 0. The SMILES string of the molecule is O=C(c1ccc(OCCO)cc1)c1ccc(Sc2cc[c]cc2)cc1. The molecule has 0 aliphatic heterocycles. The van der Waals surface area contributed by atoms with Gasteiger partial charge in [0.2, 0.25) is 0 Å². The molecule has 1 radical (unpaired) electrons. The number of aliphatic hydroxyl groups is 1. The molecule has 0 aliphatic carbocycles. The zero-order chi connectivity index (χ0) is 17.5. The van der Waals surface area contributed by atoms with Crippen molar-refractivity contribution in [3.63, 3.8) is 0 Å². The van der Waals surface area contributed by atoms with E-state index in [4.69, 9.17) is 9.84 Å². The molecule has 0 saturated carbocycles. The predicted molar refractivity (Wildman–Crippen MR) is 98.3 cm³/mol. The van der Waals surface area contributed by atoms with Crippen LogP contribution in [0, 0.1) is 6.07 Å². The van der Waals surface area contributed by atoms with Crippen molar-refractivity contribution in [3.05, 3.63) is 90.0 Å². The second-order valence-electron chi connectivity index (χ2n) is 5.29. The van der Waals surface area contributed by atoms with Crippen LogP contribution >= 0.6 is 11.8 Å². The zero-order valence-corrected chi connectivity index (χ0v) is 14.3. The maximum Gasteiger partial charge on any atom is 0.193 e. The van der Waals surface area contributed by atoms with Crippen LogP contribution in [-0.2, 0) is 0 Å². The van der Waals surface area contributed by atoms with Crippen molar-refractivity contribution < 1.29 is 14.6 Å². The number of aliphatic hydroxyl groups excluding tert-OH is 1. The minimum atomic E-state index is -0.0354. The maximum atomic E-state index is 12.5. The first kappa shape index (κ1) is 17.3. The van der Waals surface area contributed by atoms with E-state index in [9.17, 15) is 4.79 Å². The smallest absolute Gasteiger partial charge is 0.193 e. The van der Waals surface area contributed by atoms with Crippen molar-refractivity contribution in [3.8, 4) is 5.75 Å². The lowest BCUT2D eigenvalue weighted by atomic mass is 10.0. The Bertz CT molecular complexity index is 812. The number of ketones is 1. The van der Waals surface area contributed by atoms with Gasteiger partial charge in [-0.1, -0.05) is 23.9 Å². The Balaban J connectivity index is 1.68. The molecular formula is C21H17O3S. The van der Waals surface area contributed by atoms with E-state index in [-0.39, 0.29) is 19.0 Å². The van der Waals surface area contributed by atoms with Gasteiger partial charge in [-0.05, 0) is 66.7 Å². The summed E-state index contributed by atoms with van der Waals surface area (Å²) in [4.78, 5) is 14.8. The molecule has 0 aliphatic rings.